The molecule has 0 fully saturated rings. The van der Waals surface area contributed by atoms with Crippen molar-refractivity contribution < 1.29 is 27.1 Å². The van der Waals surface area contributed by atoms with Crippen molar-refractivity contribution in [3.8, 4) is 11.6 Å². The SMILES string of the molecule is O=C(Nc1ccc(F)cc1)c1cccnc1Oc1cccc(C(F)(F)F)c1. The van der Waals surface area contributed by atoms with Crippen LogP contribution in [0.3, 0.4) is 0 Å². The number of hydrogen-bond donors (Lipinski definition) is 1. The van der Waals surface area contributed by atoms with Gasteiger partial charge in [-0.25, -0.2) is 9.37 Å². The molecule has 0 atom stereocenters. The van der Waals surface area contributed by atoms with Gasteiger partial charge in [-0.2, -0.15) is 13.2 Å². The van der Waals surface area contributed by atoms with Gasteiger partial charge in [0.2, 0.25) is 5.88 Å². The Morgan fingerprint density at radius 3 is 2.44 bits per heavy atom. The highest BCUT2D eigenvalue weighted by atomic mass is 19.4. The highest BCUT2D eigenvalue weighted by molar-refractivity contribution is 6.05. The summed E-state index contributed by atoms with van der Waals surface area (Å²) >= 11 is 0. The molecule has 4 nitrogen and oxygen atoms in total. The van der Waals surface area contributed by atoms with E-state index < -0.39 is 23.5 Å². The summed E-state index contributed by atoms with van der Waals surface area (Å²) in [5, 5.41) is 2.54. The second-order valence-electron chi connectivity index (χ2n) is 5.44. The van der Waals surface area contributed by atoms with Gasteiger partial charge in [-0.3, -0.25) is 4.79 Å². The molecule has 1 aromatic heterocycles. The minimum atomic E-state index is -4.52. The van der Waals surface area contributed by atoms with E-state index in [4.69, 9.17) is 4.74 Å². The van der Waals surface area contributed by atoms with E-state index in [0.717, 1.165) is 12.1 Å². The van der Waals surface area contributed by atoms with Crippen LogP contribution in [0.2, 0.25) is 0 Å². The zero-order valence-electron chi connectivity index (χ0n) is 13.6. The lowest BCUT2D eigenvalue weighted by Crippen LogP contribution is -2.13. The highest BCUT2D eigenvalue weighted by Gasteiger charge is 2.30. The zero-order valence-corrected chi connectivity index (χ0v) is 13.6. The highest BCUT2D eigenvalue weighted by Crippen LogP contribution is 2.33. The van der Waals surface area contributed by atoms with Crippen LogP contribution in [0.15, 0.2) is 66.9 Å². The predicted octanol–water partition coefficient (Wildman–Crippen LogP) is 5.28. The molecule has 0 aliphatic rings. The summed E-state index contributed by atoms with van der Waals surface area (Å²) in [4.78, 5) is 16.3. The van der Waals surface area contributed by atoms with Crippen LogP contribution >= 0.6 is 0 Å². The van der Waals surface area contributed by atoms with Crippen molar-refractivity contribution >= 4 is 11.6 Å². The summed E-state index contributed by atoms with van der Waals surface area (Å²) in [7, 11) is 0. The van der Waals surface area contributed by atoms with Crippen LogP contribution in [-0.2, 0) is 6.18 Å². The summed E-state index contributed by atoms with van der Waals surface area (Å²) in [5.74, 6) is -1.32. The Balaban J connectivity index is 1.84. The number of ether oxygens (including phenoxy) is 1. The second-order valence-corrected chi connectivity index (χ2v) is 5.44. The Kier molecular flexibility index (Phi) is 5.07. The zero-order chi connectivity index (χ0) is 19.4. The van der Waals surface area contributed by atoms with Gasteiger partial charge in [-0.15, -0.1) is 0 Å². The van der Waals surface area contributed by atoms with Crippen LogP contribution in [0.4, 0.5) is 23.2 Å². The molecule has 0 bridgehead atoms. The van der Waals surface area contributed by atoms with E-state index in [0.29, 0.717) is 5.69 Å². The van der Waals surface area contributed by atoms with Gasteiger partial charge in [0.15, 0.2) is 0 Å². The predicted molar refractivity (Wildman–Crippen MR) is 90.1 cm³/mol. The molecule has 0 saturated carbocycles. The molecule has 1 heterocycles. The second kappa shape index (κ2) is 7.45. The van der Waals surface area contributed by atoms with Gasteiger partial charge in [0, 0.05) is 11.9 Å². The number of aromatic nitrogens is 1. The number of alkyl halides is 3. The number of rotatable bonds is 4. The third-order valence-electron chi connectivity index (χ3n) is 3.49. The number of nitrogens with one attached hydrogen (secondary N) is 1. The molecule has 3 rings (SSSR count). The van der Waals surface area contributed by atoms with Gasteiger partial charge in [-0.1, -0.05) is 6.07 Å². The first-order valence-electron chi connectivity index (χ1n) is 7.70. The van der Waals surface area contributed by atoms with Crippen molar-refractivity contribution in [2.24, 2.45) is 0 Å². The number of amides is 1. The topological polar surface area (TPSA) is 51.2 Å². The maximum Gasteiger partial charge on any atom is 0.416 e. The lowest BCUT2D eigenvalue weighted by atomic mass is 10.2. The number of nitrogens with zero attached hydrogens (tertiary/aromatic N) is 1. The molecule has 27 heavy (non-hydrogen) atoms. The fraction of sp³-hybridized carbons (Fsp3) is 0.0526. The van der Waals surface area contributed by atoms with Gasteiger partial charge in [0.05, 0.1) is 5.56 Å². The lowest BCUT2D eigenvalue weighted by molar-refractivity contribution is -0.137. The summed E-state index contributed by atoms with van der Waals surface area (Å²) in [6, 6.07) is 12.2. The lowest BCUT2D eigenvalue weighted by Gasteiger charge is -2.12. The van der Waals surface area contributed by atoms with Crippen LogP contribution in [-0.4, -0.2) is 10.9 Å². The largest absolute Gasteiger partial charge is 0.438 e. The van der Waals surface area contributed by atoms with Crippen molar-refractivity contribution in [1.29, 1.82) is 0 Å². The number of halogens is 4. The molecule has 0 aliphatic heterocycles. The van der Waals surface area contributed by atoms with E-state index in [-0.39, 0.29) is 17.2 Å². The van der Waals surface area contributed by atoms with E-state index in [9.17, 15) is 22.4 Å². The molecule has 0 unspecified atom stereocenters. The first-order chi connectivity index (χ1) is 12.8. The average Bonchev–Trinajstić information content (AvgIpc) is 2.63. The molecule has 0 spiro atoms. The van der Waals surface area contributed by atoms with E-state index in [2.05, 4.69) is 10.3 Å². The first-order valence-corrected chi connectivity index (χ1v) is 7.70. The van der Waals surface area contributed by atoms with Crippen molar-refractivity contribution in [2.75, 3.05) is 5.32 Å². The Morgan fingerprint density at radius 2 is 1.74 bits per heavy atom. The Hall–Kier alpha value is -3.42. The molecular formula is C19H12F4N2O2. The molecule has 138 valence electrons. The molecule has 0 aliphatic carbocycles. The van der Waals surface area contributed by atoms with Crippen LogP contribution < -0.4 is 10.1 Å². The van der Waals surface area contributed by atoms with E-state index >= 15 is 0 Å². The van der Waals surface area contributed by atoms with E-state index in [1.807, 2.05) is 0 Å². The van der Waals surface area contributed by atoms with Crippen LogP contribution in [0.5, 0.6) is 11.6 Å². The monoisotopic (exact) mass is 376 g/mol. The fourth-order valence-corrected chi connectivity index (χ4v) is 2.22. The van der Waals surface area contributed by atoms with Gasteiger partial charge < -0.3 is 10.1 Å². The summed E-state index contributed by atoms with van der Waals surface area (Å²) < 4.78 is 56.8. The standard InChI is InChI=1S/C19H12F4N2O2/c20-13-6-8-14(9-7-13)25-17(26)16-5-2-10-24-18(16)27-15-4-1-3-12(11-15)19(21,22)23/h1-11H,(H,25,26). The quantitative estimate of drug-likeness (QED) is 0.630. The fourth-order valence-electron chi connectivity index (χ4n) is 2.22. The van der Waals surface area contributed by atoms with Gasteiger partial charge in [0.1, 0.15) is 17.1 Å². The average molecular weight is 376 g/mol. The third-order valence-corrected chi connectivity index (χ3v) is 3.49. The summed E-state index contributed by atoms with van der Waals surface area (Å²) in [6.07, 6.45) is -3.18. The van der Waals surface area contributed by atoms with Crippen molar-refractivity contribution in [3.63, 3.8) is 0 Å². The molecule has 0 radical (unpaired) electrons. The number of hydrogen-bond acceptors (Lipinski definition) is 3. The normalized spacial score (nSPS) is 11.1. The van der Waals surface area contributed by atoms with Crippen molar-refractivity contribution in [3.05, 3.63) is 83.8 Å². The minimum absolute atomic E-state index is 0.0132. The van der Waals surface area contributed by atoms with Crippen molar-refractivity contribution in [1.82, 2.24) is 4.98 Å². The maximum absolute atomic E-state index is 12.9. The molecule has 2 aromatic carbocycles. The van der Waals surface area contributed by atoms with Gasteiger partial charge >= 0.3 is 6.18 Å². The van der Waals surface area contributed by atoms with Gasteiger partial charge in [-0.05, 0) is 54.6 Å². The maximum atomic E-state index is 12.9. The Labute approximate surface area is 151 Å². The van der Waals surface area contributed by atoms with Crippen LogP contribution in [0.25, 0.3) is 0 Å². The summed E-state index contributed by atoms with van der Waals surface area (Å²) in [6.45, 7) is 0. The molecule has 1 amide bonds. The van der Waals surface area contributed by atoms with E-state index in [1.54, 1.807) is 0 Å². The van der Waals surface area contributed by atoms with Gasteiger partial charge in [0.25, 0.3) is 5.91 Å². The number of benzene rings is 2. The summed E-state index contributed by atoms with van der Waals surface area (Å²) in [5.41, 5.74) is -0.525. The third kappa shape index (κ3) is 4.60. The number of carbonyl (C=O) groups is 1. The first kappa shape index (κ1) is 18.4. The number of anilines is 1. The Morgan fingerprint density at radius 1 is 1.00 bits per heavy atom. The molecule has 8 heteroatoms. The van der Waals surface area contributed by atoms with Crippen LogP contribution in [0, 0.1) is 5.82 Å². The number of pyridine rings is 1. The molecular weight excluding hydrogens is 364 g/mol. The molecule has 1 N–H and O–H groups in total. The molecule has 3 aromatic rings. The molecule has 0 saturated heterocycles. The smallest absolute Gasteiger partial charge is 0.416 e. The Bertz CT molecular complexity index is 956. The minimum Gasteiger partial charge on any atom is -0.438 e. The van der Waals surface area contributed by atoms with E-state index in [1.165, 1.54) is 54.7 Å². The van der Waals surface area contributed by atoms with Crippen LogP contribution in [0.1, 0.15) is 15.9 Å². The van der Waals surface area contributed by atoms with Crippen molar-refractivity contribution in [2.45, 2.75) is 6.18 Å². The number of carbonyl (C=O) groups excluding carboxylic acids is 1.